The van der Waals surface area contributed by atoms with Crippen LogP contribution in [0.15, 0.2) is 0 Å². The molecule has 1 aliphatic heterocycles. The maximum atomic E-state index is 5.67. The van der Waals surface area contributed by atoms with Crippen molar-refractivity contribution < 1.29 is 0 Å². The topological polar surface area (TPSA) is 12.0 Å². The van der Waals surface area contributed by atoms with E-state index in [1.165, 1.54) is 225 Å². The molecule has 0 bridgehead atoms. The van der Waals surface area contributed by atoms with E-state index in [1.807, 2.05) is 0 Å². The summed E-state index contributed by atoms with van der Waals surface area (Å²) in [7, 11) is 0. The van der Waals surface area contributed by atoms with Crippen LogP contribution >= 0.6 is 24.4 Å². The lowest BCUT2D eigenvalue weighted by Gasteiger charge is -2.28. The van der Waals surface area contributed by atoms with E-state index in [0.29, 0.717) is 0 Å². The molecule has 0 aromatic rings. The Balaban J connectivity index is 2.00. The van der Waals surface area contributed by atoms with Gasteiger partial charge in [-0.1, -0.05) is 257 Å². The number of hydrogen-bond donors (Lipinski definition) is 1. The van der Waals surface area contributed by atoms with Crippen LogP contribution in [0, 0.1) is 11.8 Å². The molecule has 1 heterocycles. The molecule has 1 N–H and O–H groups in total. The minimum atomic E-state index is 0.765. The van der Waals surface area contributed by atoms with Gasteiger partial charge < -0.3 is 5.32 Å². The van der Waals surface area contributed by atoms with E-state index < -0.39 is 0 Å². The molecule has 1 fully saturated rings. The lowest BCUT2D eigenvalue weighted by atomic mass is 9.82. The molecule has 2 unspecified atom stereocenters. The number of thiocarbonyl (C=S) groups is 2. The molecule has 0 aliphatic carbocycles. The predicted molar refractivity (Wildman–Crippen MR) is 217 cm³/mol. The molecule has 1 rings (SSSR count). The molecule has 3 heteroatoms. The highest BCUT2D eigenvalue weighted by atomic mass is 32.1. The Labute approximate surface area is 301 Å². The first-order valence-corrected chi connectivity index (χ1v) is 22.3. The summed E-state index contributed by atoms with van der Waals surface area (Å²) in [5.74, 6) is 1.53. The van der Waals surface area contributed by atoms with E-state index in [-0.39, 0.29) is 0 Å². The maximum Gasteiger partial charge on any atom is 0.0803 e. The highest BCUT2D eigenvalue weighted by Crippen LogP contribution is 2.30. The van der Waals surface area contributed by atoms with E-state index in [9.17, 15) is 0 Å². The molecule has 1 aliphatic rings. The van der Waals surface area contributed by atoms with Gasteiger partial charge in [0, 0.05) is 12.8 Å². The van der Waals surface area contributed by atoms with Gasteiger partial charge in [-0.15, -0.1) is 0 Å². The van der Waals surface area contributed by atoms with Crippen molar-refractivity contribution >= 4 is 34.4 Å². The second-order valence-electron chi connectivity index (χ2n) is 15.5. The molecular weight excluding hydrogens is 595 g/mol. The first-order valence-electron chi connectivity index (χ1n) is 21.5. The summed E-state index contributed by atoms with van der Waals surface area (Å²) in [5, 5.41) is 3.42. The Bertz CT molecular complexity index is 607. The Morgan fingerprint density at radius 3 is 0.826 bits per heavy atom. The largest absolute Gasteiger partial charge is 0.345 e. The summed E-state index contributed by atoms with van der Waals surface area (Å²) < 4.78 is 0. The molecule has 2 atom stereocenters. The van der Waals surface area contributed by atoms with Crippen LogP contribution in [0.5, 0.6) is 0 Å². The van der Waals surface area contributed by atoms with Crippen molar-refractivity contribution in [1.82, 2.24) is 5.32 Å². The van der Waals surface area contributed by atoms with E-state index in [0.717, 1.165) is 34.7 Å². The first-order chi connectivity index (χ1) is 22.7. The second kappa shape index (κ2) is 34.8. The van der Waals surface area contributed by atoms with E-state index in [4.69, 9.17) is 24.4 Å². The molecule has 1 nitrogen and oxygen atoms in total. The third kappa shape index (κ3) is 30.1. The summed E-state index contributed by atoms with van der Waals surface area (Å²) in [4.78, 5) is 2.01. The van der Waals surface area contributed by atoms with Crippen LogP contribution in [0.25, 0.3) is 0 Å². The normalized spacial score (nSPS) is 17.3. The molecule has 272 valence electrons. The van der Waals surface area contributed by atoms with Crippen LogP contribution in [0.2, 0.25) is 0 Å². The van der Waals surface area contributed by atoms with Crippen molar-refractivity contribution in [1.29, 1.82) is 0 Å². The fourth-order valence-electron chi connectivity index (χ4n) is 7.82. The first kappa shape index (κ1) is 44.0. The zero-order chi connectivity index (χ0) is 33.2. The predicted octanol–water partition coefficient (Wildman–Crippen LogP) is 16.0. The standard InChI is InChI=1S/C43H83NS2/c1-3-5-7-9-11-13-15-17-19-21-23-25-27-29-31-33-35-40-37-41(39-43(46)44-42(45)38-40)36-34-32-30-28-26-24-22-20-18-16-14-12-10-8-6-4-2/h40-41H,3-39H2,1-2H3,(H,44,45,46). The summed E-state index contributed by atoms with van der Waals surface area (Å²) >= 11 is 11.3. The van der Waals surface area contributed by atoms with Crippen molar-refractivity contribution in [2.75, 3.05) is 0 Å². The second-order valence-corrected chi connectivity index (χ2v) is 16.5. The van der Waals surface area contributed by atoms with Gasteiger partial charge in [-0.2, -0.15) is 0 Å². The minimum Gasteiger partial charge on any atom is -0.345 e. The Hall–Kier alpha value is -0.0200. The minimum absolute atomic E-state index is 0.765. The van der Waals surface area contributed by atoms with Crippen molar-refractivity contribution in [2.24, 2.45) is 11.8 Å². The van der Waals surface area contributed by atoms with Gasteiger partial charge in [-0.3, -0.25) is 0 Å². The van der Waals surface area contributed by atoms with E-state index in [1.54, 1.807) is 0 Å². The maximum absolute atomic E-state index is 5.67. The fraction of sp³-hybridized carbons (Fsp3) is 0.953. The van der Waals surface area contributed by atoms with Gasteiger partial charge in [0.25, 0.3) is 0 Å². The number of rotatable bonds is 34. The van der Waals surface area contributed by atoms with Crippen LogP contribution in [0.1, 0.15) is 251 Å². The lowest BCUT2D eigenvalue weighted by molar-refractivity contribution is 0.328. The summed E-state index contributed by atoms with van der Waals surface area (Å²) in [6, 6.07) is 0. The smallest absolute Gasteiger partial charge is 0.0803 e. The van der Waals surface area contributed by atoms with Gasteiger partial charge in [0.1, 0.15) is 0 Å². The van der Waals surface area contributed by atoms with Gasteiger partial charge in [0.15, 0.2) is 0 Å². The Kier molecular flexibility index (Phi) is 33.3. The molecule has 0 radical (unpaired) electrons. The molecule has 0 amide bonds. The number of nitrogens with one attached hydrogen (secondary N) is 1. The Morgan fingerprint density at radius 1 is 0.370 bits per heavy atom. The molecule has 1 saturated heterocycles. The summed E-state index contributed by atoms with van der Waals surface area (Å²) in [6.45, 7) is 4.61. The van der Waals surface area contributed by atoms with Crippen LogP contribution < -0.4 is 5.32 Å². The van der Waals surface area contributed by atoms with Gasteiger partial charge in [-0.25, -0.2) is 0 Å². The van der Waals surface area contributed by atoms with Crippen molar-refractivity contribution in [2.45, 2.75) is 251 Å². The quantitative estimate of drug-likeness (QED) is 0.0538. The molecule has 46 heavy (non-hydrogen) atoms. The van der Waals surface area contributed by atoms with Gasteiger partial charge in [-0.05, 0) is 18.3 Å². The number of hydrogen-bond acceptors (Lipinski definition) is 2. The zero-order valence-corrected chi connectivity index (χ0v) is 33.3. The van der Waals surface area contributed by atoms with Crippen molar-refractivity contribution in [3.63, 3.8) is 0 Å². The Morgan fingerprint density at radius 2 is 0.587 bits per heavy atom. The highest BCUT2D eigenvalue weighted by Gasteiger charge is 2.22. The van der Waals surface area contributed by atoms with E-state index >= 15 is 0 Å². The van der Waals surface area contributed by atoms with Crippen LogP contribution in [0.4, 0.5) is 0 Å². The fourth-order valence-corrected chi connectivity index (χ4v) is 8.60. The molecule has 0 aromatic heterocycles. The molecule has 0 saturated carbocycles. The van der Waals surface area contributed by atoms with Crippen LogP contribution in [0.3, 0.4) is 0 Å². The average molecular weight is 678 g/mol. The zero-order valence-electron chi connectivity index (χ0n) is 31.6. The van der Waals surface area contributed by atoms with Crippen LogP contribution in [-0.2, 0) is 0 Å². The third-order valence-corrected chi connectivity index (χ3v) is 11.4. The number of unbranched alkanes of at least 4 members (excludes halogenated alkanes) is 30. The highest BCUT2D eigenvalue weighted by molar-refractivity contribution is 7.81. The summed E-state index contributed by atoms with van der Waals surface area (Å²) in [5.41, 5.74) is 0. The monoisotopic (exact) mass is 678 g/mol. The molecule has 0 spiro atoms. The molecular formula is C43H83NS2. The third-order valence-electron chi connectivity index (χ3n) is 10.8. The average Bonchev–Trinajstić information content (AvgIpc) is 3.03. The SMILES string of the molecule is CCCCCCCCCCCCCCCCCCC1CC(=S)NC(=S)CC(CCCCCCCCCCCCCCCCCC)C1. The van der Waals surface area contributed by atoms with Crippen molar-refractivity contribution in [3.8, 4) is 0 Å². The van der Waals surface area contributed by atoms with E-state index in [2.05, 4.69) is 19.2 Å². The van der Waals surface area contributed by atoms with Crippen molar-refractivity contribution in [3.05, 3.63) is 0 Å². The summed E-state index contributed by atoms with van der Waals surface area (Å²) in [6.07, 6.45) is 52.4. The molecule has 0 aromatic carbocycles. The van der Waals surface area contributed by atoms with Gasteiger partial charge >= 0.3 is 0 Å². The van der Waals surface area contributed by atoms with Gasteiger partial charge in [0.2, 0.25) is 0 Å². The lowest BCUT2D eigenvalue weighted by Crippen LogP contribution is -2.34. The van der Waals surface area contributed by atoms with Gasteiger partial charge in [0.05, 0.1) is 9.98 Å². The van der Waals surface area contributed by atoms with Crippen LogP contribution in [-0.4, -0.2) is 9.98 Å².